The van der Waals surface area contributed by atoms with E-state index >= 15 is 0 Å². The fourth-order valence-corrected chi connectivity index (χ4v) is 4.22. The lowest BCUT2D eigenvalue weighted by atomic mass is 9.84. The van der Waals surface area contributed by atoms with Gasteiger partial charge in [-0.1, -0.05) is 6.42 Å². The molecule has 0 heterocycles. The van der Waals surface area contributed by atoms with E-state index in [1.807, 2.05) is 13.0 Å². The normalized spacial score (nSPS) is 29.4. The predicted octanol–water partition coefficient (Wildman–Crippen LogP) is 3.93. The van der Waals surface area contributed by atoms with Crippen LogP contribution >= 0.6 is 0 Å². The summed E-state index contributed by atoms with van der Waals surface area (Å²) in [5.41, 5.74) is 2.45. The summed E-state index contributed by atoms with van der Waals surface area (Å²) in [6, 6.07) is 5.81. The molecule has 4 atom stereocenters. The molecule has 0 radical (unpaired) electrons. The first kappa shape index (κ1) is 13.5. The minimum atomic E-state index is -0.860. The zero-order chi connectivity index (χ0) is 14.3. The fourth-order valence-electron chi connectivity index (χ4n) is 4.22. The fraction of sp³-hybridized carbons (Fsp3) is 0.588. The second kappa shape index (κ2) is 5.12. The van der Waals surface area contributed by atoms with Crippen LogP contribution < -0.4 is 5.32 Å². The average Bonchev–Trinajstić information content (AvgIpc) is 3.03. The summed E-state index contributed by atoms with van der Waals surface area (Å²) in [5, 5.41) is 12.6. The van der Waals surface area contributed by atoms with Crippen LogP contribution in [0.4, 0.5) is 5.69 Å². The van der Waals surface area contributed by atoms with Gasteiger partial charge in [0, 0.05) is 11.7 Å². The maximum atomic E-state index is 11.0. The second-order valence-electron chi connectivity index (χ2n) is 6.61. The van der Waals surface area contributed by atoms with E-state index in [4.69, 9.17) is 5.11 Å². The molecular weight excluding hydrogens is 250 g/mol. The van der Waals surface area contributed by atoms with Crippen molar-refractivity contribution in [2.24, 2.45) is 17.8 Å². The summed E-state index contributed by atoms with van der Waals surface area (Å²) >= 11 is 0. The van der Waals surface area contributed by atoms with E-state index in [0.29, 0.717) is 11.6 Å². The highest BCUT2D eigenvalue weighted by atomic mass is 16.4. The zero-order valence-electron chi connectivity index (χ0n) is 12.2. The summed E-state index contributed by atoms with van der Waals surface area (Å²) in [6.07, 6.45) is 5.62. The Morgan fingerprint density at radius 2 is 2.15 bits per heavy atom. The number of carbonyl (C=O) groups is 1. The minimum absolute atomic E-state index is 0.362. The van der Waals surface area contributed by atoms with Crippen molar-refractivity contribution in [3.63, 3.8) is 0 Å². The summed E-state index contributed by atoms with van der Waals surface area (Å²) < 4.78 is 0. The molecule has 1 aromatic rings. The van der Waals surface area contributed by atoms with Crippen LogP contribution in [-0.2, 0) is 0 Å². The van der Waals surface area contributed by atoms with Gasteiger partial charge in [0.05, 0.1) is 5.56 Å². The zero-order valence-corrected chi connectivity index (χ0v) is 12.2. The number of hydrogen-bond acceptors (Lipinski definition) is 2. The first-order valence-corrected chi connectivity index (χ1v) is 7.65. The Kier molecular flexibility index (Phi) is 3.45. The van der Waals surface area contributed by atoms with Crippen LogP contribution in [0.15, 0.2) is 18.2 Å². The SMILES string of the molecule is Cc1cc(C(=O)O)ccc1NC(C)C1CC2CCC1C2. The van der Waals surface area contributed by atoms with Gasteiger partial charge in [0.15, 0.2) is 0 Å². The van der Waals surface area contributed by atoms with Crippen molar-refractivity contribution in [3.05, 3.63) is 29.3 Å². The largest absolute Gasteiger partial charge is 0.478 e. The summed E-state index contributed by atoms with van der Waals surface area (Å²) in [5.74, 6) is 1.79. The summed E-state index contributed by atoms with van der Waals surface area (Å²) in [4.78, 5) is 11.0. The number of carboxylic acid groups (broad SMARTS) is 1. The van der Waals surface area contributed by atoms with Crippen molar-refractivity contribution in [1.82, 2.24) is 0 Å². The standard InChI is InChI=1S/C17H23NO2/c1-10-7-14(17(19)20)5-6-16(10)18-11(2)15-9-12-3-4-13(15)8-12/h5-7,11-13,15,18H,3-4,8-9H2,1-2H3,(H,19,20). The topological polar surface area (TPSA) is 49.3 Å². The number of aryl methyl sites for hydroxylation is 1. The number of fused-ring (bicyclic) bond motifs is 2. The summed E-state index contributed by atoms with van der Waals surface area (Å²) in [7, 11) is 0. The van der Waals surface area contributed by atoms with Crippen LogP contribution in [0, 0.1) is 24.7 Å². The van der Waals surface area contributed by atoms with Gasteiger partial charge in [0.1, 0.15) is 0 Å². The molecule has 20 heavy (non-hydrogen) atoms. The highest BCUT2D eigenvalue weighted by Crippen LogP contribution is 2.49. The van der Waals surface area contributed by atoms with Gasteiger partial charge in [0.2, 0.25) is 0 Å². The quantitative estimate of drug-likeness (QED) is 0.874. The van der Waals surface area contributed by atoms with Gasteiger partial charge in [-0.25, -0.2) is 4.79 Å². The number of carboxylic acids is 1. The molecule has 2 aliphatic rings. The Hall–Kier alpha value is -1.51. The lowest BCUT2D eigenvalue weighted by molar-refractivity contribution is 0.0697. The number of benzene rings is 1. The number of aromatic carboxylic acids is 1. The Bertz CT molecular complexity index is 526. The molecule has 2 N–H and O–H groups in total. The predicted molar refractivity (Wildman–Crippen MR) is 80.2 cm³/mol. The molecule has 2 aliphatic carbocycles. The third kappa shape index (κ3) is 2.41. The average molecular weight is 273 g/mol. The molecule has 2 saturated carbocycles. The molecule has 4 unspecified atom stereocenters. The second-order valence-corrected chi connectivity index (χ2v) is 6.61. The highest BCUT2D eigenvalue weighted by Gasteiger charge is 2.41. The smallest absolute Gasteiger partial charge is 0.335 e. The highest BCUT2D eigenvalue weighted by molar-refractivity contribution is 5.88. The monoisotopic (exact) mass is 273 g/mol. The molecule has 0 amide bonds. The van der Waals surface area contributed by atoms with Gasteiger partial charge in [-0.2, -0.15) is 0 Å². The van der Waals surface area contributed by atoms with E-state index in [2.05, 4.69) is 12.2 Å². The first-order chi connectivity index (χ1) is 9.54. The van der Waals surface area contributed by atoms with Crippen LogP contribution in [0.5, 0.6) is 0 Å². The molecule has 1 aromatic carbocycles. The van der Waals surface area contributed by atoms with Crippen molar-refractivity contribution in [1.29, 1.82) is 0 Å². The van der Waals surface area contributed by atoms with Crippen molar-refractivity contribution < 1.29 is 9.90 Å². The van der Waals surface area contributed by atoms with Gasteiger partial charge in [0.25, 0.3) is 0 Å². The van der Waals surface area contributed by atoms with Crippen LogP contribution in [0.1, 0.15) is 48.5 Å². The molecule has 0 saturated heterocycles. The molecule has 0 spiro atoms. The Balaban J connectivity index is 1.70. The van der Waals surface area contributed by atoms with Crippen LogP contribution in [0.2, 0.25) is 0 Å². The van der Waals surface area contributed by atoms with Crippen molar-refractivity contribution in [2.75, 3.05) is 5.32 Å². The van der Waals surface area contributed by atoms with Gasteiger partial charge in [-0.05, 0) is 74.6 Å². The third-order valence-electron chi connectivity index (χ3n) is 5.29. The van der Waals surface area contributed by atoms with Gasteiger partial charge < -0.3 is 10.4 Å². The number of hydrogen-bond donors (Lipinski definition) is 2. The van der Waals surface area contributed by atoms with Crippen molar-refractivity contribution in [3.8, 4) is 0 Å². The minimum Gasteiger partial charge on any atom is -0.478 e. The Morgan fingerprint density at radius 1 is 1.35 bits per heavy atom. The Morgan fingerprint density at radius 3 is 2.70 bits per heavy atom. The van der Waals surface area contributed by atoms with E-state index in [1.54, 1.807) is 12.1 Å². The van der Waals surface area contributed by atoms with Crippen molar-refractivity contribution >= 4 is 11.7 Å². The molecule has 3 rings (SSSR count). The van der Waals surface area contributed by atoms with Gasteiger partial charge in [-0.15, -0.1) is 0 Å². The van der Waals surface area contributed by atoms with Gasteiger partial charge in [-0.3, -0.25) is 0 Å². The molecule has 3 nitrogen and oxygen atoms in total. The van der Waals surface area contributed by atoms with Gasteiger partial charge >= 0.3 is 5.97 Å². The lowest BCUT2D eigenvalue weighted by Gasteiger charge is -2.29. The first-order valence-electron chi connectivity index (χ1n) is 7.65. The molecule has 0 aliphatic heterocycles. The number of nitrogens with one attached hydrogen (secondary N) is 1. The van der Waals surface area contributed by atoms with Crippen LogP contribution in [0.3, 0.4) is 0 Å². The Labute approximate surface area is 120 Å². The van der Waals surface area contributed by atoms with E-state index in [-0.39, 0.29) is 0 Å². The third-order valence-corrected chi connectivity index (χ3v) is 5.29. The van der Waals surface area contributed by atoms with Crippen molar-refractivity contribution in [2.45, 2.75) is 45.6 Å². The lowest BCUT2D eigenvalue weighted by Crippen LogP contribution is -2.30. The van der Waals surface area contributed by atoms with E-state index < -0.39 is 5.97 Å². The van der Waals surface area contributed by atoms with Crippen LogP contribution in [-0.4, -0.2) is 17.1 Å². The van der Waals surface area contributed by atoms with E-state index in [1.165, 1.54) is 25.7 Å². The summed E-state index contributed by atoms with van der Waals surface area (Å²) in [6.45, 7) is 4.25. The molecular formula is C17H23NO2. The maximum Gasteiger partial charge on any atom is 0.335 e. The number of anilines is 1. The van der Waals surface area contributed by atoms with E-state index in [9.17, 15) is 4.79 Å². The molecule has 0 aromatic heterocycles. The van der Waals surface area contributed by atoms with Crippen LogP contribution in [0.25, 0.3) is 0 Å². The molecule has 2 fully saturated rings. The van der Waals surface area contributed by atoms with E-state index in [0.717, 1.165) is 29.0 Å². The molecule has 108 valence electrons. The number of rotatable bonds is 4. The molecule has 2 bridgehead atoms. The maximum absolute atomic E-state index is 11.0. The molecule has 3 heteroatoms.